The summed E-state index contributed by atoms with van der Waals surface area (Å²) in [6, 6.07) is 13.8. The van der Waals surface area contributed by atoms with E-state index in [9.17, 15) is 13.2 Å². The van der Waals surface area contributed by atoms with Crippen LogP contribution in [0.15, 0.2) is 53.4 Å². The molecule has 2 aromatic rings. The Balaban J connectivity index is 2.09. The highest BCUT2D eigenvalue weighted by Crippen LogP contribution is 2.40. The van der Waals surface area contributed by atoms with Gasteiger partial charge < -0.3 is 10.1 Å². The summed E-state index contributed by atoms with van der Waals surface area (Å²) < 4.78 is 42.6. The SMILES string of the molecule is COc1cccc(CNc2ccccc2SC(F)(F)F)c1. The predicted molar refractivity (Wildman–Crippen MR) is 78.7 cm³/mol. The van der Waals surface area contributed by atoms with E-state index >= 15 is 0 Å². The van der Waals surface area contributed by atoms with E-state index in [1.165, 1.54) is 6.07 Å². The molecule has 2 nitrogen and oxygen atoms in total. The Morgan fingerprint density at radius 3 is 2.57 bits per heavy atom. The van der Waals surface area contributed by atoms with Crippen LogP contribution in [-0.4, -0.2) is 12.6 Å². The molecule has 0 unspecified atom stereocenters. The van der Waals surface area contributed by atoms with Crippen molar-refractivity contribution in [3.8, 4) is 5.75 Å². The molecule has 0 bridgehead atoms. The van der Waals surface area contributed by atoms with Gasteiger partial charge in [-0.1, -0.05) is 24.3 Å². The van der Waals surface area contributed by atoms with E-state index in [0.29, 0.717) is 18.0 Å². The molecule has 0 fully saturated rings. The second-order valence-electron chi connectivity index (χ2n) is 4.25. The third kappa shape index (κ3) is 4.90. The zero-order valence-electron chi connectivity index (χ0n) is 11.3. The lowest BCUT2D eigenvalue weighted by Crippen LogP contribution is -2.04. The highest BCUT2D eigenvalue weighted by molar-refractivity contribution is 8.00. The van der Waals surface area contributed by atoms with Gasteiger partial charge in [0.25, 0.3) is 0 Å². The Labute approximate surface area is 125 Å². The van der Waals surface area contributed by atoms with E-state index in [2.05, 4.69) is 5.32 Å². The minimum Gasteiger partial charge on any atom is -0.497 e. The number of anilines is 1. The minimum atomic E-state index is -4.30. The van der Waals surface area contributed by atoms with E-state index in [-0.39, 0.29) is 16.7 Å². The van der Waals surface area contributed by atoms with E-state index in [0.717, 1.165) is 5.56 Å². The summed E-state index contributed by atoms with van der Waals surface area (Å²) in [5.74, 6) is 0.715. The fourth-order valence-electron chi connectivity index (χ4n) is 1.81. The Morgan fingerprint density at radius 2 is 1.86 bits per heavy atom. The third-order valence-electron chi connectivity index (χ3n) is 2.73. The summed E-state index contributed by atoms with van der Waals surface area (Å²) in [5.41, 5.74) is -2.91. The number of halogens is 3. The number of nitrogens with one attached hydrogen (secondary N) is 1. The van der Waals surface area contributed by atoms with Crippen LogP contribution in [0.3, 0.4) is 0 Å². The fraction of sp³-hybridized carbons (Fsp3) is 0.200. The molecule has 6 heteroatoms. The van der Waals surface area contributed by atoms with Gasteiger partial charge in [0.1, 0.15) is 5.75 Å². The maximum Gasteiger partial charge on any atom is 0.446 e. The van der Waals surface area contributed by atoms with Crippen molar-refractivity contribution in [2.75, 3.05) is 12.4 Å². The summed E-state index contributed by atoms with van der Waals surface area (Å²) in [4.78, 5) is 0.160. The number of benzene rings is 2. The first-order chi connectivity index (χ1) is 9.98. The van der Waals surface area contributed by atoms with Crippen molar-refractivity contribution in [2.45, 2.75) is 16.9 Å². The maximum absolute atomic E-state index is 12.5. The van der Waals surface area contributed by atoms with E-state index in [4.69, 9.17) is 4.74 Å². The highest BCUT2D eigenvalue weighted by atomic mass is 32.2. The lowest BCUT2D eigenvalue weighted by Gasteiger charge is -2.13. The van der Waals surface area contributed by atoms with Crippen LogP contribution >= 0.6 is 11.8 Å². The summed E-state index contributed by atoms with van der Waals surface area (Å²) in [6.07, 6.45) is 0. The molecule has 1 N–H and O–H groups in total. The predicted octanol–water partition coefficient (Wildman–Crippen LogP) is 4.92. The quantitative estimate of drug-likeness (QED) is 0.792. The lowest BCUT2D eigenvalue weighted by atomic mass is 10.2. The normalized spacial score (nSPS) is 11.2. The van der Waals surface area contributed by atoms with Crippen LogP contribution in [0.1, 0.15) is 5.56 Å². The Kier molecular flexibility index (Phi) is 5.01. The van der Waals surface area contributed by atoms with Crippen LogP contribution in [0.4, 0.5) is 18.9 Å². The second kappa shape index (κ2) is 6.76. The van der Waals surface area contributed by atoms with E-state index in [1.54, 1.807) is 25.3 Å². The van der Waals surface area contributed by atoms with Gasteiger partial charge in [-0.05, 0) is 41.6 Å². The van der Waals surface area contributed by atoms with Crippen molar-refractivity contribution in [3.05, 3.63) is 54.1 Å². The van der Waals surface area contributed by atoms with Crippen LogP contribution in [0.25, 0.3) is 0 Å². The van der Waals surface area contributed by atoms with Crippen molar-refractivity contribution in [1.82, 2.24) is 0 Å². The van der Waals surface area contributed by atoms with Gasteiger partial charge in [0.2, 0.25) is 0 Å². The average Bonchev–Trinajstić information content (AvgIpc) is 2.45. The molecule has 0 spiro atoms. The molecule has 0 amide bonds. The lowest BCUT2D eigenvalue weighted by molar-refractivity contribution is -0.0327. The molecular weight excluding hydrogens is 299 g/mol. The number of para-hydroxylation sites is 1. The third-order valence-corrected chi connectivity index (χ3v) is 3.54. The Hall–Kier alpha value is -1.82. The number of methoxy groups -OCH3 is 1. The number of hydrogen-bond donors (Lipinski definition) is 1. The molecule has 2 aromatic carbocycles. The molecule has 21 heavy (non-hydrogen) atoms. The Morgan fingerprint density at radius 1 is 1.10 bits per heavy atom. The van der Waals surface area contributed by atoms with Crippen molar-refractivity contribution >= 4 is 17.4 Å². The minimum absolute atomic E-state index is 0.117. The van der Waals surface area contributed by atoms with Gasteiger partial charge in [0.05, 0.1) is 7.11 Å². The average molecular weight is 313 g/mol. The molecule has 0 atom stereocenters. The van der Waals surface area contributed by atoms with Crippen LogP contribution in [0.2, 0.25) is 0 Å². The van der Waals surface area contributed by atoms with Gasteiger partial charge in [-0.25, -0.2) is 0 Å². The first-order valence-corrected chi connectivity index (χ1v) is 7.01. The zero-order valence-corrected chi connectivity index (χ0v) is 12.1. The zero-order chi connectivity index (χ0) is 15.3. The molecule has 2 rings (SSSR count). The molecule has 0 heterocycles. The molecule has 0 aliphatic rings. The van der Waals surface area contributed by atoms with Crippen LogP contribution < -0.4 is 10.1 Å². The van der Waals surface area contributed by atoms with Gasteiger partial charge >= 0.3 is 5.51 Å². The van der Waals surface area contributed by atoms with E-state index in [1.807, 2.05) is 24.3 Å². The number of thioether (sulfide) groups is 1. The smallest absolute Gasteiger partial charge is 0.446 e. The van der Waals surface area contributed by atoms with Crippen molar-refractivity contribution in [1.29, 1.82) is 0 Å². The number of alkyl halides is 3. The van der Waals surface area contributed by atoms with Crippen molar-refractivity contribution in [2.24, 2.45) is 0 Å². The number of ether oxygens (including phenoxy) is 1. The summed E-state index contributed by atoms with van der Waals surface area (Å²) in [5, 5.41) is 3.03. The molecule has 0 radical (unpaired) electrons. The van der Waals surface area contributed by atoms with Crippen LogP contribution in [0, 0.1) is 0 Å². The molecule has 0 aliphatic heterocycles. The van der Waals surface area contributed by atoms with Gasteiger partial charge in [-0.2, -0.15) is 13.2 Å². The van der Waals surface area contributed by atoms with Gasteiger partial charge in [0.15, 0.2) is 0 Å². The molecule has 112 valence electrons. The van der Waals surface area contributed by atoms with Crippen molar-refractivity contribution in [3.63, 3.8) is 0 Å². The first kappa shape index (κ1) is 15.6. The van der Waals surface area contributed by atoms with Crippen LogP contribution in [0.5, 0.6) is 5.75 Å². The van der Waals surface area contributed by atoms with Gasteiger partial charge in [-0.3, -0.25) is 0 Å². The summed E-state index contributed by atoms with van der Waals surface area (Å²) in [7, 11) is 1.57. The first-order valence-electron chi connectivity index (χ1n) is 6.19. The number of hydrogen-bond acceptors (Lipinski definition) is 3. The largest absolute Gasteiger partial charge is 0.497 e. The van der Waals surface area contributed by atoms with Crippen molar-refractivity contribution < 1.29 is 17.9 Å². The van der Waals surface area contributed by atoms with Crippen LogP contribution in [-0.2, 0) is 6.54 Å². The second-order valence-corrected chi connectivity index (χ2v) is 5.36. The fourth-order valence-corrected chi connectivity index (χ4v) is 2.45. The summed E-state index contributed by atoms with van der Waals surface area (Å²) >= 11 is -0.117. The van der Waals surface area contributed by atoms with Gasteiger partial charge in [-0.15, -0.1) is 0 Å². The standard InChI is InChI=1S/C15H14F3NOS/c1-20-12-6-4-5-11(9-12)10-19-13-7-2-3-8-14(13)21-15(16,17)18/h2-9,19H,10H2,1H3. The molecule has 0 saturated heterocycles. The monoisotopic (exact) mass is 313 g/mol. The highest BCUT2D eigenvalue weighted by Gasteiger charge is 2.30. The topological polar surface area (TPSA) is 21.3 Å². The van der Waals surface area contributed by atoms with E-state index < -0.39 is 5.51 Å². The molecule has 0 aliphatic carbocycles. The Bertz CT molecular complexity index is 601. The van der Waals surface area contributed by atoms with Gasteiger partial charge in [0, 0.05) is 17.1 Å². The molecule has 0 saturated carbocycles. The molecule has 0 aromatic heterocycles. The maximum atomic E-state index is 12.5. The molecular formula is C15H14F3NOS. The number of rotatable bonds is 5. The summed E-state index contributed by atoms with van der Waals surface area (Å²) in [6.45, 7) is 0.423.